The predicted molar refractivity (Wildman–Crippen MR) is 91.6 cm³/mol. The molecule has 0 aliphatic carbocycles. The third-order valence-corrected chi connectivity index (χ3v) is 4.28. The first-order valence-corrected chi connectivity index (χ1v) is 7.64. The Hall–Kier alpha value is -1.85. The van der Waals surface area contributed by atoms with Crippen molar-refractivity contribution in [1.29, 1.82) is 0 Å². The normalized spacial score (nSPS) is 20.4. The molecular formula is C17H22ClN3O2. The predicted octanol–water partition coefficient (Wildman–Crippen LogP) is 2.88. The van der Waals surface area contributed by atoms with Crippen molar-refractivity contribution >= 4 is 18.3 Å². The van der Waals surface area contributed by atoms with Gasteiger partial charge in [0.1, 0.15) is 5.76 Å². The van der Waals surface area contributed by atoms with Crippen molar-refractivity contribution in [2.45, 2.75) is 26.3 Å². The van der Waals surface area contributed by atoms with Crippen molar-refractivity contribution in [3.8, 4) is 11.5 Å². The summed E-state index contributed by atoms with van der Waals surface area (Å²) in [6.45, 7) is 5.15. The van der Waals surface area contributed by atoms with Gasteiger partial charge in [0.15, 0.2) is 5.69 Å². The highest BCUT2D eigenvalue weighted by atomic mass is 35.5. The molecule has 0 spiro atoms. The molecule has 1 saturated heterocycles. The third-order valence-electron chi connectivity index (χ3n) is 4.28. The van der Waals surface area contributed by atoms with Gasteiger partial charge >= 0.3 is 0 Å². The molecule has 1 amide bonds. The number of aromatic nitrogens is 1. The second kappa shape index (κ2) is 7.15. The van der Waals surface area contributed by atoms with Gasteiger partial charge < -0.3 is 15.1 Å². The summed E-state index contributed by atoms with van der Waals surface area (Å²) in [7, 11) is 0. The van der Waals surface area contributed by atoms with Gasteiger partial charge in [0.05, 0.1) is 0 Å². The van der Waals surface area contributed by atoms with Gasteiger partial charge in [-0.15, -0.1) is 12.4 Å². The Bertz CT molecular complexity index is 672. The lowest BCUT2D eigenvalue weighted by atomic mass is 10.1. The Morgan fingerprint density at radius 2 is 2.09 bits per heavy atom. The summed E-state index contributed by atoms with van der Waals surface area (Å²) in [5.41, 5.74) is 7.01. The SMILES string of the molecule is Cc1oc(-c2ccccc2)nc1C(=O)N1CC(CN)CC1C.Cl. The monoisotopic (exact) mass is 335 g/mol. The molecule has 5 nitrogen and oxygen atoms in total. The maximum absolute atomic E-state index is 12.7. The van der Waals surface area contributed by atoms with Crippen LogP contribution in [0.5, 0.6) is 0 Å². The first-order valence-electron chi connectivity index (χ1n) is 7.64. The number of benzene rings is 1. The molecule has 2 unspecified atom stereocenters. The molecule has 1 aromatic heterocycles. The lowest BCUT2D eigenvalue weighted by molar-refractivity contribution is 0.0736. The van der Waals surface area contributed by atoms with E-state index in [4.69, 9.17) is 10.2 Å². The van der Waals surface area contributed by atoms with Crippen LogP contribution in [-0.4, -0.2) is 34.9 Å². The smallest absolute Gasteiger partial charge is 0.276 e. The van der Waals surface area contributed by atoms with Crippen molar-refractivity contribution < 1.29 is 9.21 Å². The van der Waals surface area contributed by atoms with E-state index < -0.39 is 0 Å². The standard InChI is InChI=1S/C17H21N3O2.ClH/c1-11-8-13(9-18)10-20(11)17(21)15-12(2)22-16(19-15)14-6-4-3-5-7-14;/h3-7,11,13H,8-10,18H2,1-2H3;1H. The van der Waals surface area contributed by atoms with Crippen LogP contribution in [0.2, 0.25) is 0 Å². The fourth-order valence-electron chi connectivity index (χ4n) is 3.03. The van der Waals surface area contributed by atoms with Crippen LogP contribution < -0.4 is 5.73 Å². The minimum Gasteiger partial charge on any atom is -0.441 e. The van der Waals surface area contributed by atoms with Gasteiger partial charge in [-0.25, -0.2) is 4.98 Å². The molecule has 3 rings (SSSR count). The number of nitrogens with zero attached hydrogens (tertiary/aromatic N) is 2. The summed E-state index contributed by atoms with van der Waals surface area (Å²) in [5.74, 6) is 1.36. The van der Waals surface area contributed by atoms with Crippen molar-refractivity contribution in [2.75, 3.05) is 13.1 Å². The van der Waals surface area contributed by atoms with Crippen molar-refractivity contribution in [3.63, 3.8) is 0 Å². The summed E-state index contributed by atoms with van der Waals surface area (Å²) >= 11 is 0. The van der Waals surface area contributed by atoms with E-state index >= 15 is 0 Å². The van der Waals surface area contributed by atoms with Crippen LogP contribution in [0.15, 0.2) is 34.7 Å². The number of nitrogens with two attached hydrogens (primary N) is 1. The molecule has 2 atom stereocenters. The highest BCUT2D eigenvalue weighted by molar-refractivity contribution is 5.94. The molecule has 0 saturated carbocycles. The highest BCUT2D eigenvalue weighted by Gasteiger charge is 2.34. The van der Waals surface area contributed by atoms with Crippen LogP contribution in [0.4, 0.5) is 0 Å². The van der Waals surface area contributed by atoms with Gasteiger partial charge in [-0.05, 0) is 44.9 Å². The average Bonchev–Trinajstić information content (AvgIpc) is 3.10. The summed E-state index contributed by atoms with van der Waals surface area (Å²) in [6.07, 6.45) is 0.949. The van der Waals surface area contributed by atoms with Gasteiger partial charge in [-0.1, -0.05) is 18.2 Å². The van der Waals surface area contributed by atoms with Gasteiger partial charge in [0.25, 0.3) is 5.91 Å². The van der Waals surface area contributed by atoms with Crippen LogP contribution in [0.3, 0.4) is 0 Å². The zero-order valence-electron chi connectivity index (χ0n) is 13.4. The summed E-state index contributed by atoms with van der Waals surface area (Å²) in [4.78, 5) is 19.0. The van der Waals surface area contributed by atoms with E-state index in [1.807, 2.05) is 35.2 Å². The number of aryl methyl sites for hydroxylation is 1. The molecule has 1 fully saturated rings. The number of likely N-dealkylation sites (tertiary alicyclic amines) is 1. The minimum absolute atomic E-state index is 0. The van der Waals surface area contributed by atoms with E-state index in [1.165, 1.54) is 0 Å². The number of hydrogen-bond donors (Lipinski definition) is 1. The topological polar surface area (TPSA) is 72.4 Å². The first kappa shape index (κ1) is 17.5. The largest absolute Gasteiger partial charge is 0.441 e. The Labute approximate surface area is 142 Å². The van der Waals surface area contributed by atoms with Crippen LogP contribution in [0.1, 0.15) is 29.6 Å². The maximum Gasteiger partial charge on any atom is 0.276 e. The number of rotatable bonds is 3. The van der Waals surface area contributed by atoms with Crippen LogP contribution in [-0.2, 0) is 0 Å². The van der Waals surface area contributed by atoms with Crippen LogP contribution in [0, 0.1) is 12.8 Å². The Morgan fingerprint density at radius 3 is 2.70 bits per heavy atom. The van der Waals surface area contributed by atoms with E-state index in [0.29, 0.717) is 36.4 Å². The number of carbonyl (C=O) groups excluding carboxylic acids is 1. The number of oxazole rings is 1. The molecule has 1 aromatic carbocycles. The molecule has 0 bridgehead atoms. The number of halogens is 1. The average molecular weight is 336 g/mol. The molecule has 1 aliphatic heterocycles. The number of hydrogen-bond acceptors (Lipinski definition) is 4. The van der Waals surface area contributed by atoms with Gasteiger partial charge in [-0.2, -0.15) is 0 Å². The summed E-state index contributed by atoms with van der Waals surface area (Å²) < 4.78 is 5.69. The second-order valence-corrected chi connectivity index (χ2v) is 5.93. The summed E-state index contributed by atoms with van der Waals surface area (Å²) in [6, 6.07) is 9.81. The molecule has 6 heteroatoms. The van der Waals surface area contributed by atoms with Gasteiger partial charge in [-0.3, -0.25) is 4.79 Å². The molecule has 2 aromatic rings. The van der Waals surface area contributed by atoms with E-state index in [1.54, 1.807) is 6.92 Å². The lowest BCUT2D eigenvalue weighted by Crippen LogP contribution is -2.35. The summed E-state index contributed by atoms with van der Waals surface area (Å²) in [5, 5.41) is 0. The molecule has 23 heavy (non-hydrogen) atoms. The van der Waals surface area contributed by atoms with E-state index in [0.717, 1.165) is 12.0 Å². The van der Waals surface area contributed by atoms with Crippen molar-refractivity contribution in [1.82, 2.24) is 9.88 Å². The van der Waals surface area contributed by atoms with Crippen molar-refractivity contribution in [2.24, 2.45) is 11.7 Å². The zero-order chi connectivity index (χ0) is 15.7. The molecular weight excluding hydrogens is 314 g/mol. The van der Waals surface area contributed by atoms with Crippen LogP contribution in [0.25, 0.3) is 11.5 Å². The van der Waals surface area contributed by atoms with E-state index in [2.05, 4.69) is 11.9 Å². The molecule has 124 valence electrons. The van der Waals surface area contributed by atoms with E-state index in [-0.39, 0.29) is 24.4 Å². The minimum atomic E-state index is -0.0631. The van der Waals surface area contributed by atoms with Crippen molar-refractivity contribution in [3.05, 3.63) is 41.8 Å². The Morgan fingerprint density at radius 1 is 1.39 bits per heavy atom. The fraction of sp³-hybridized carbons (Fsp3) is 0.412. The van der Waals surface area contributed by atoms with Gasteiger partial charge in [0, 0.05) is 18.2 Å². The molecule has 0 radical (unpaired) electrons. The Balaban J connectivity index is 0.00000192. The second-order valence-electron chi connectivity index (χ2n) is 5.93. The lowest BCUT2D eigenvalue weighted by Gasteiger charge is -2.20. The zero-order valence-corrected chi connectivity index (χ0v) is 14.2. The number of carbonyl (C=O) groups is 1. The van der Waals surface area contributed by atoms with Gasteiger partial charge in [0.2, 0.25) is 5.89 Å². The Kier molecular flexibility index (Phi) is 5.44. The molecule has 2 heterocycles. The van der Waals surface area contributed by atoms with Crippen LogP contribution >= 0.6 is 12.4 Å². The maximum atomic E-state index is 12.7. The third kappa shape index (κ3) is 3.41. The highest BCUT2D eigenvalue weighted by Crippen LogP contribution is 2.27. The first-order chi connectivity index (χ1) is 10.6. The molecule has 1 aliphatic rings. The fourth-order valence-corrected chi connectivity index (χ4v) is 3.03. The van der Waals surface area contributed by atoms with E-state index in [9.17, 15) is 4.79 Å². The molecule has 2 N–H and O–H groups in total. The quantitative estimate of drug-likeness (QED) is 0.936. The number of amides is 1.